The van der Waals surface area contributed by atoms with E-state index in [2.05, 4.69) is 20.6 Å². The molecule has 0 fully saturated rings. The Hall–Kier alpha value is -2.24. The Morgan fingerprint density at radius 1 is 1.30 bits per heavy atom. The largest absolute Gasteiger partial charge is 0.481 e. The summed E-state index contributed by atoms with van der Waals surface area (Å²) in [6.45, 7) is 3.81. The van der Waals surface area contributed by atoms with Gasteiger partial charge in [-0.25, -0.2) is 5.10 Å². The van der Waals surface area contributed by atoms with Crippen LogP contribution in [-0.2, 0) is 11.2 Å². The second kappa shape index (κ2) is 6.27. The number of aliphatic carboxylic acids is 1. The van der Waals surface area contributed by atoms with Crippen molar-refractivity contribution in [1.29, 1.82) is 0 Å². The number of carbonyl (C=O) groups is 1. The smallest absolute Gasteiger partial charge is 0.307 e. The third-order valence-electron chi connectivity index (χ3n) is 3.45. The number of carboxylic acids is 1. The van der Waals surface area contributed by atoms with Crippen molar-refractivity contribution in [3.8, 4) is 0 Å². The van der Waals surface area contributed by atoms with E-state index in [9.17, 15) is 9.90 Å². The van der Waals surface area contributed by atoms with Crippen LogP contribution in [0.2, 0.25) is 0 Å². The topological polar surface area (TPSA) is 91.8 Å². The van der Waals surface area contributed by atoms with Crippen molar-refractivity contribution in [3.63, 3.8) is 0 Å². The average Bonchev–Trinajstić information content (AvgIpc) is 2.92. The summed E-state index contributed by atoms with van der Waals surface area (Å²) in [7, 11) is 0. The van der Waals surface area contributed by atoms with Gasteiger partial charge in [-0.05, 0) is 28.3 Å². The molecular formula is C14H18N4O2. The molecule has 6 heteroatoms. The van der Waals surface area contributed by atoms with Crippen LogP contribution in [0.4, 0.5) is 0 Å². The molecule has 0 aliphatic carbocycles. The summed E-state index contributed by atoms with van der Waals surface area (Å²) in [5.74, 6) is -1.12. The molecule has 1 aromatic carbocycles. The Morgan fingerprint density at radius 2 is 2.00 bits per heavy atom. The van der Waals surface area contributed by atoms with Crippen LogP contribution in [0.15, 0.2) is 30.3 Å². The molecule has 0 radical (unpaired) electrons. The highest BCUT2D eigenvalue weighted by atomic mass is 16.4. The summed E-state index contributed by atoms with van der Waals surface area (Å²) in [6.07, 6.45) is 0.590. The number of nitrogens with zero attached hydrogens (tertiary/aromatic N) is 3. The van der Waals surface area contributed by atoms with E-state index in [1.165, 1.54) is 0 Å². The quantitative estimate of drug-likeness (QED) is 0.839. The van der Waals surface area contributed by atoms with E-state index in [1.54, 1.807) is 0 Å². The van der Waals surface area contributed by atoms with Gasteiger partial charge in [0.1, 0.15) is 0 Å². The van der Waals surface area contributed by atoms with Gasteiger partial charge in [-0.15, -0.1) is 5.10 Å². The van der Waals surface area contributed by atoms with E-state index < -0.39 is 11.9 Å². The fraction of sp³-hybridized carbons (Fsp3) is 0.429. The summed E-state index contributed by atoms with van der Waals surface area (Å²) >= 11 is 0. The average molecular weight is 274 g/mol. The molecule has 0 amide bonds. The van der Waals surface area contributed by atoms with Crippen LogP contribution < -0.4 is 0 Å². The number of hydrogen-bond acceptors (Lipinski definition) is 4. The van der Waals surface area contributed by atoms with Gasteiger partial charge in [0.05, 0.1) is 5.92 Å². The molecular weight excluding hydrogens is 256 g/mol. The monoisotopic (exact) mass is 274 g/mol. The lowest BCUT2D eigenvalue weighted by atomic mass is 9.79. The van der Waals surface area contributed by atoms with Gasteiger partial charge in [-0.1, -0.05) is 44.2 Å². The predicted octanol–water partition coefficient (Wildman–Crippen LogP) is 1.88. The molecule has 0 saturated heterocycles. The minimum absolute atomic E-state index is 0.00804. The molecule has 20 heavy (non-hydrogen) atoms. The van der Waals surface area contributed by atoms with E-state index in [0.29, 0.717) is 12.2 Å². The molecule has 0 unspecified atom stereocenters. The number of rotatable bonds is 6. The first-order valence-electron chi connectivity index (χ1n) is 6.60. The van der Waals surface area contributed by atoms with Gasteiger partial charge in [0.15, 0.2) is 5.82 Å². The molecule has 0 saturated carbocycles. The minimum Gasteiger partial charge on any atom is -0.481 e. The van der Waals surface area contributed by atoms with Gasteiger partial charge in [0.2, 0.25) is 0 Å². The van der Waals surface area contributed by atoms with Gasteiger partial charge >= 0.3 is 5.97 Å². The van der Waals surface area contributed by atoms with Crippen LogP contribution in [0.5, 0.6) is 0 Å². The first kappa shape index (κ1) is 14.2. The lowest BCUT2D eigenvalue weighted by Crippen LogP contribution is -2.29. The maximum Gasteiger partial charge on any atom is 0.307 e. The van der Waals surface area contributed by atoms with E-state index in [4.69, 9.17) is 0 Å². The number of benzene rings is 1. The van der Waals surface area contributed by atoms with Gasteiger partial charge in [-0.3, -0.25) is 4.79 Å². The molecule has 0 aliphatic heterocycles. The summed E-state index contributed by atoms with van der Waals surface area (Å²) in [5, 5.41) is 23.3. The Labute approximate surface area is 117 Å². The standard InChI is InChI=1S/C14H18N4O2/c1-9(2)12(14(19)20)11(13-15-17-18-16-13)8-10-6-4-3-5-7-10/h3-7,9,11-12H,8H2,1-2H3,(H,19,20)(H,15,16,17,18)/t11-,12-/m0/s1. The number of nitrogens with one attached hydrogen (secondary N) is 1. The van der Waals surface area contributed by atoms with Crippen LogP contribution in [0.25, 0.3) is 0 Å². The molecule has 2 atom stereocenters. The molecule has 0 spiro atoms. The Kier molecular flexibility index (Phi) is 4.45. The third-order valence-corrected chi connectivity index (χ3v) is 3.45. The third kappa shape index (κ3) is 3.20. The lowest BCUT2D eigenvalue weighted by molar-refractivity contribution is -0.144. The molecule has 1 aromatic heterocycles. The molecule has 2 rings (SSSR count). The molecule has 0 aliphatic rings. The Bertz CT molecular complexity index is 540. The minimum atomic E-state index is -0.822. The number of aromatic amines is 1. The molecule has 1 heterocycles. The summed E-state index contributed by atoms with van der Waals surface area (Å²) in [5.41, 5.74) is 1.07. The Balaban J connectivity index is 2.32. The van der Waals surface area contributed by atoms with Gasteiger partial charge in [-0.2, -0.15) is 0 Å². The van der Waals surface area contributed by atoms with Crippen molar-refractivity contribution < 1.29 is 9.90 Å². The SMILES string of the molecule is CC(C)[C@H](C(=O)O)[C@H](Cc1ccccc1)c1nnn[nH]1. The summed E-state index contributed by atoms with van der Waals surface area (Å²) in [4.78, 5) is 11.6. The summed E-state index contributed by atoms with van der Waals surface area (Å²) < 4.78 is 0. The van der Waals surface area contributed by atoms with Crippen molar-refractivity contribution in [2.75, 3.05) is 0 Å². The molecule has 106 valence electrons. The molecule has 2 aromatic rings. The number of carboxylic acid groups (broad SMARTS) is 1. The van der Waals surface area contributed by atoms with Crippen molar-refractivity contribution in [2.45, 2.75) is 26.2 Å². The predicted molar refractivity (Wildman–Crippen MR) is 73.0 cm³/mol. The van der Waals surface area contributed by atoms with Gasteiger partial charge in [0, 0.05) is 5.92 Å². The van der Waals surface area contributed by atoms with Crippen LogP contribution in [0.1, 0.15) is 31.2 Å². The van der Waals surface area contributed by atoms with Crippen LogP contribution >= 0.6 is 0 Å². The van der Waals surface area contributed by atoms with Crippen molar-refractivity contribution in [3.05, 3.63) is 41.7 Å². The highest BCUT2D eigenvalue weighted by Crippen LogP contribution is 2.31. The van der Waals surface area contributed by atoms with Crippen LogP contribution in [-0.4, -0.2) is 31.7 Å². The molecule has 2 N–H and O–H groups in total. The second-order valence-corrected chi connectivity index (χ2v) is 5.19. The molecule has 0 bridgehead atoms. The lowest BCUT2D eigenvalue weighted by Gasteiger charge is -2.24. The van der Waals surface area contributed by atoms with E-state index in [1.807, 2.05) is 44.2 Å². The Morgan fingerprint density at radius 3 is 2.50 bits per heavy atom. The van der Waals surface area contributed by atoms with Gasteiger partial charge in [0.25, 0.3) is 0 Å². The van der Waals surface area contributed by atoms with E-state index in [-0.39, 0.29) is 11.8 Å². The van der Waals surface area contributed by atoms with Crippen LogP contribution in [0.3, 0.4) is 0 Å². The number of aromatic nitrogens is 4. The van der Waals surface area contributed by atoms with Crippen LogP contribution in [0, 0.1) is 11.8 Å². The summed E-state index contributed by atoms with van der Waals surface area (Å²) in [6, 6.07) is 9.78. The van der Waals surface area contributed by atoms with Crippen molar-refractivity contribution in [2.24, 2.45) is 11.8 Å². The maximum atomic E-state index is 11.6. The zero-order chi connectivity index (χ0) is 14.5. The second-order valence-electron chi connectivity index (χ2n) is 5.19. The first-order valence-corrected chi connectivity index (χ1v) is 6.60. The zero-order valence-corrected chi connectivity index (χ0v) is 11.5. The highest BCUT2D eigenvalue weighted by Gasteiger charge is 2.34. The number of hydrogen-bond donors (Lipinski definition) is 2. The first-order chi connectivity index (χ1) is 9.59. The fourth-order valence-electron chi connectivity index (χ4n) is 2.51. The molecule has 6 nitrogen and oxygen atoms in total. The van der Waals surface area contributed by atoms with Crippen molar-refractivity contribution >= 4 is 5.97 Å². The van der Waals surface area contributed by atoms with E-state index in [0.717, 1.165) is 5.56 Å². The number of tetrazole rings is 1. The maximum absolute atomic E-state index is 11.6. The van der Waals surface area contributed by atoms with Gasteiger partial charge < -0.3 is 5.11 Å². The van der Waals surface area contributed by atoms with E-state index >= 15 is 0 Å². The zero-order valence-electron chi connectivity index (χ0n) is 11.5. The number of H-pyrrole nitrogens is 1. The fourth-order valence-corrected chi connectivity index (χ4v) is 2.51. The normalized spacial score (nSPS) is 14.2. The van der Waals surface area contributed by atoms with Crippen molar-refractivity contribution in [1.82, 2.24) is 20.6 Å². The highest BCUT2D eigenvalue weighted by molar-refractivity contribution is 5.71.